The molecule has 0 spiro atoms. The van der Waals surface area contributed by atoms with Crippen molar-refractivity contribution in [2.24, 2.45) is 50.2 Å². The first-order valence-corrected chi connectivity index (χ1v) is 20.2. The molecule has 0 aromatic carbocycles. The molecular weight excluding hydrogens is 700 g/mol. The number of carboxylic acid groups (broad SMARTS) is 1. The van der Waals surface area contributed by atoms with Gasteiger partial charge in [0.15, 0.2) is 12.4 Å². The average molecular weight is 765 g/mol. The predicted octanol–water partition coefficient (Wildman–Crippen LogP) is 3.05. The number of aliphatic hydroxyl groups excluding tert-OH is 6. The summed E-state index contributed by atoms with van der Waals surface area (Å²) in [4.78, 5) is 26.2. The Balaban J connectivity index is 1.16. The van der Waals surface area contributed by atoms with Crippen LogP contribution in [0.1, 0.15) is 113 Å². The zero-order valence-corrected chi connectivity index (χ0v) is 32.9. The molecule has 7 aliphatic rings. The largest absolute Gasteiger partial charge is 0.479 e. The third kappa shape index (κ3) is 5.88. The van der Waals surface area contributed by atoms with Crippen LogP contribution in [0.25, 0.3) is 0 Å². The molecule has 17 atom stereocenters. The van der Waals surface area contributed by atoms with Crippen molar-refractivity contribution in [2.45, 2.75) is 174 Å². The maximum Gasteiger partial charge on any atom is 0.335 e. The van der Waals surface area contributed by atoms with E-state index in [0.717, 1.165) is 44.9 Å². The summed E-state index contributed by atoms with van der Waals surface area (Å²) in [5, 5.41) is 72.0. The summed E-state index contributed by atoms with van der Waals surface area (Å²) >= 11 is 0. The topological polar surface area (TPSA) is 213 Å². The lowest BCUT2D eigenvalue weighted by atomic mass is 9.33. The molecule has 306 valence electrons. The Hall–Kier alpha value is -1.68. The summed E-state index contributed by atoms with van der Waals surface area (Å²) in [6.07, 6.45) is -3.74. The highest BCUT2D eigenvalue weighted by Gasteiger charge is 2.70. The van der Waals surface area contributed by atoms with Crippen molar-refractivity contribution in [1.82, 2.24) is 0 Å². The highest BCUT2D eigenvalue weighted by atomic mass is 16.7. The maximum atomic E-state index is 14.4. The first-order chi connectivity index (χ1) is 25.0. The molecule has 7 N–H and O–H groups in total. The molecule has 13 nitrogen and oxygen atoms in total. The number of carbonyl (C=O) groups is 2. The molecule has 0 radical (unpaired) electrons. The highest BCUT2D eigenvalue weighted by Crippen LogP contribution is 2.76. The third-order valence-electron chi connectivity index (χ3n) is 16.8. The van der Waals surface area contributed by atoms with Gasteiger partial charge in [0.1, 0.15) is 36.6 Å². The van der Waals surface area contributed by atoms with E-state index in [-0.39, 0.29) is 46.2 Å². The number of hydrogen-bond donors (Lipinski definition) is 7. The van der Waals surface area contributed by atoms with E-state index in [9.17, 15) is 45.3 Å². The standard InChI is InChI=1S/C41H64O13/c1-36(2)14-16-41(35(50)54-33-29(46)26(43)22(42)19-51-33)17-15-39(6)20(21(41)18-36)8-9-24-38(5)12-11-25(37(3,4)23(38)10-13-40(24,39)7)52-34-30(47)27(44)28(45)31(53-34)32(48)49/h8,21-31,33-34,42-47H,9-19H2,1-7H3,(H,48,49). The van der Waals surface area contributed by atoms with Crippen LogP contribution in [0.3, 0.4) is 0 Å². The minimum Gasteiger partial charge on any atom is -0.479 e. The molecule has 13 heteroatoms. The summed E-state index contributed by atoms with van der Waals surface area (Å²) in [6.45, 7) is 16.0. The molecule has 17 unspecified atom stereocenters. The second-order valence-corrected chi connectivity index (χ2v) is 20.2. The lowest BCUT2D eigenvalue weighted by Crippen LogP contribution is -2.66. The second-order valence-electron chi connectivity index (χ2n) is 20.2. The van der Waals surface area contributed by atoms with Gasteiger partial charge >= 0.3 is 11.9 Å². The van der Waals surface area contributed by atoms with E-state index in [2.05, 4.69) is 54.5 Å². The Bertz CT molecular complexity index is 1510. The van der Waals surface area contributed by atoms with Crippen LogP contribution in [0.15, 0.2) is 11.6 Å². The number of fused-ring (bicyclic) bond motifs is 7. The van der Waals surface area contributed by atoms with Crippen molar-refractivity contribution in [3.63, 3.8) is 0 Å². The Morgan fingerprint density at radius 1 is 0.759 bits per heavy atom. The van der Waals surface area contributed by atoms with Gasteiger partial charge in [0.2, 0.25) is 6.29 Å². The number of carbonyl (C=O) groups excluding carboxylic acids is 1. The van der Waals surface area contributed by atoms with Crippen molar-refractivity contribution in [3.8, 4) is 0 Å². The Morgan fingerprint density at radius 2 is 1.43 bits per heavy atom. The molecule has 6 fully saturated rings. The van der Waals surface area contributed by atoms with Crippen molar-refractivity contribution >= 4 is 11.9 Å². The van der Waals surface area contributed by atoms with Gasteiger partial charge in [-0.3, -0.25) is 4.79 Å². The van der Waals surface area contributed by atoms with E-state index in [4.69, 9.17) is 18.9 Å². The van der Waals surface area contributed by atoms with Gasteiger partial charge in [-0.2, -0.15) is 0 Å². The summed E-state index contributed by atoms with van der Waals surface area (Å²) in [5.74, 6) is -1.33. The van der Waals surface area contributed by atoms with E-state index in [0.29, 0.717) is 25.2 Å². The van der Waals surface area contributed by atoms with E-state index < -0.39 is 78.1 Å². The molecule has 2 aliphatic heterocycles. The van der Waals surface area contributed by atoms with Gasteiger partial charge in [-0.15, -0.1) is 0 Å². The fraction of sp³-hybridized carbons (Fsp3) is 0.902. The monoisotopic (exact) mass is 764 g/mol. The Kier molecular flexibility index (Phi) is 10.1. The minimum absolute atomic E-state index is 0.00668. The van der Waals surface area contributed by atoms with Crippen LogP contribution in [0, 0.1) is 50.2 Å². The summed E-state index contributed by atoms with van der Waals surface area (Å²) in [7, 11) is 0. The lowest BCUT2D eigenvalue weighted by molar-refractivity contribution is -0.324. The fourth-order valence-corrected chi connectivity index (χ4v) is 13.3. The molecule has 4 saturated carbocycles. The number of aliphatic hydroxyl groups is 6. The van der Waals surface area contributed by atoms with Crippen LogP contribution in [0.2, 0.25) is 0 Å². The normalized spacial score (nSPS) is 52.4. The predicted molar refractivity (Wildman–Crippen MR) is 192 cm³/mol. The SMILES string of the molecule is CC1(C)CCC2(C(=O)OC3OCC(O)C(O)C3O)CCC3(C)C(=CCC4C5(C)CCC(OC6OC(C(=O)O)C(O)C(O)C6O)C(C)(C)C5CCC43C)C2C1. The highest BCUT2D eigenvalue weighted by molar-refractivity contribution is 5.79. The number of carboxylic acids is 1. The number of rotatable bonds is 5. The molecule has 2 saturated heterocycles. The molecule has 5 aliphatic carbocycles. The molecule has 0 bridgehead atoms. The molecule has 54 heavy (non-hydrogen) atoms. The van der Waals surface area contributed by atoms with E-state index in [1.807, 2.05) is 0 Å². The first-order valence-electron chi connectivity index (χ1n) is 20.2. The smallest absolute Gasteiger partial charge is 0.335 e. The van der Waals surface area contributed by atoms with Gasteiger partial charge in [-0.05, 0) is 109 Å². The Morgan fingerprint density at radius 3 is 2.11 bits per heavy atom. The van der Waals surface area contributed by atoms with Crippen LogP contribution >= 0.6 is 0 Å². The number of allylic oxidation sites excluding steroid dienone is 2. The summed E-state index contributed by atoms with van der Waals surface area (Å²) in [6, 6.07) is 0. The zero-order valence-electron chi connectivity index (χ0n) is 32.9. The van der Waals surface area contributed by atoms with Gasteiger partial charge in [0.05, 0.1) is 18.1 Å². The average Bonchev–Trinajstić information content (AvgIpc) is 3.09. The van der Waals surface area contributed by atoms with Gasteiger partial charge < -0.3 is 54.7 Å². The first kappa shape index (κ1) is 40.5. The second kappa shape index (κ2) is 13.4. The number of aliphatic carboxylic acids is 1. The fourth-order valence-electron chi connectivity index (χ4n) is 13.3. The van der Waals surface area contributed by atoms with Crippen molar-refractivity contribution < 1.29 is 64.3 Å². The third-order valence-corrected chi connectivity index (χ3v) is 16.8. The van der Waals surface area contributed by atoms with E-state index in [1.165, 1.54) is 5.57 Å². The molecule has 7 rings (SSSR count). The lowest BCUT2D eigenvalue weighted by Gasteiger charge is -2.71. The van der Waals surface area contributed by atoms with Gasteiger partial charge in [0.25, 0.3) is 0 Å². The zero-order chi connectivity index (χ0) is 39.6. The van der Waals surface area contributed by atoms with Crippen LogP contribution in [0.5, 0.6) is 0 Å². The molecular formula is C41H64O13. The van der Waals surface area contributed by atoms with E-state index in [1.54, 1.807) is 0 Å². The molecule has 0 aromatic rings. The van der Waals surface area contributed by atoms with Crippen LogP contribution in [0.4, 0.5) is 0 Å². The summed E-state index contributed by atoms with van der Waals surface area (Å²) < 4.78 is 23.4. The maximum absolute atomic E-state index is 14.4. The van der Waals surface area contributed by atoms with Crippen LogP contribution in [-0.4, -0.2) is 116 Å². The van der Waals surface area contributed by atoms with Gasteiger partial charge in [0, 0.05) is 0 Å². The van der Waals surface area contributed by atoms with Gasteiger partial charge in [-0.25, -0.2) is 4.79 Å². The van der Waals surface area contributed by atoms with Crippen molar-refractivity contribution in [1.29, 1.82) is 0 Å². The molecule has 0 amide bonds. The molecule has 0 aromatic heterocycles. The van der Waals surface area contributed by atoms with Gasteiger partial charge in [-0.1, -0.05) is 60.1 Å². The quantitative estimate of drug-likeness (QED) is 0.122. The Labute approximate surface area is 318 Å². The molecule has 2 heterocycles. The van der Waals surface area contributed by atoms with Crippen molar-refractivity contribution in [2.75, 3.05) is 6.61 Å². The summed E-state index contributed by atoms with van der Waals surface area (Å²) in [5.41, 5.74) is -0.179. The van der Waals surface area contributed by atoms with Crippen molar-refractivity contribution in [3.05, 3.63) is 11.6 Å². The van der Waals surface area contributed by atoms with E-state index >= 15 is 0 Å². The van der Waals surface area contributed by atoms with Crippen LogP contribution in [-0.2, 0) is 28.5 Å². The number of esters is 1. The number of ether oxygens (including phenoxy) is 4. The van der Waals surface area contributed by atoms with Crippen LogP contribution < -0.4 is 0 Å². The number of hydrogen-bond acceptors (Lipinski definition) is 12. The minimum atomic E-state index is -1.78.